The molecule has 0 fully saturated rings. The highest BCUT2D eigenvalue weighted by molar-refractivity contribution is 6.34. The van der Waals surface area contributed by atoms with Crippen LogP contribution in [0.25, 0.3) is 16.8 Å². The maximum absolute atomic E-state index is 12.2. The lowest BCUT2D eigenvalue weighted by Gasteiger charge is -2.18. The summed E-state index contributed by atoms with van der Waals surface area (Å²) in [6.07, 6.45) is 3.72. The number of hydrogen-bond donors (Lipinski definition) is 2. The molecule has 1 heterocycles. The monoisotopic (exact) mass is 274 g/mol. The van der Waals surface area contributed by atoms with Gasteiger partial charge in [0, 0.05) is 17.0 Å². The van der Waals surface area contributed by atoms with E-state index in [2.05, 4.69) is 11.4 Å². The molecule has 98 valence electrons. The molecule has 19 heavy (non-hydrogen) atoms. The highest BCUT2D eigenvalue weighted by Crippen LogP contribution is 2.25. The second-order valence-electron chi connectivity index (χ2n) is 4.77. The highest BCUT2D eigenvalue weighted by atomic mass is 35.5. The molecule has 1 amide bonds. The number of aryl methyl sites for hydroxylation is 1. The van der Waals surface area contributed by atoms with Gasteiger partial charge >= 0.3 is 0 Å². The minimum absolute atomic E-state index is 0.00705. The van der Waals surface area contributed by atoms with E-state index in [-0.39, 0.29) is 5.91 Å². The van der Waals surface area contributed by atoms with Gasteiger partial charge in [-0.05, 0) is 47.7 Å². The summed E-state index contributed by atoms with van der Waals surface area (Å²) in [5.41, 5.74) is 7.45. The van der Waals surface area contributed by atoms with Crippen molar-refractivity contribution >= 4 is 34.4 Å². The predicted molar refractivity (Wildman–Crippen MR) is 78.3 cm³/mol. The van der Waals surface area contributed by atoms with E-state index in [4.69, 9.17) is 17.3 Å². The Labute approximate surface area is 116 Å². The number of rotatable bonds is 3. The van der Waals surface area contributed by atoms with Crippen LogP contribution in [0.15, 0.2) is 18.2 Å². The Morgan fingerprint density at radius 1 is 1.37 bits per heavy atom. The van der Waals surface area contributed by atoms with Crippen LogP contribution in [-0.4, -0.2) is 19.0 Å². The smallest absolute Gasteiger partial charge is 0.252 e. The average molecular weight is 275 g/mol. The topological polar surface area (TPSA) is 55.1 Å². The van der Waals surface area contributed by atoms with E-state index in [0.717, 1.165) is 40.0 Å². The van der Waals surface area contributed by atoms with Crippen molar-refractivity contribution in [2.75, 3.05) is 13.1 Å². The van der Waals surface area contributed by atoms with Gasteiger partial charge in [-0.25, -0.2) is 0 Å². The third-order valence-corrected chi connectivity index (χ3v) is 3.93. The van der Waals surface area contributed by atoms with Crippen molar-refractivity contribution in [1.29, 1.82) is 0 Å². The second kappa shape index (κ2) is 4.83. The van der Waals surface area contributed by atoms with Crippen molar-refractivity contribution in [2.45, 2.75) is 12.8 Å². The normalized spacial score (nSPS) is 14.1. The molecular formula is C15H15ClN2O. The molecule has 0 radical (unpaired) electrons. The summed E-state index contributed by atoms with van der Waals surface area (Å²) >= 11 is 6.23. The molecule has 3 rings (SSSR count). The quantitative estimate of drug-likeness (QED) is 0.894. The first-order chi connectivity index (χ1) is 9.22. The number of carbonyl (C=O) groups excluding carboxylic acids is 1. The van der Waals surface area contributed by atoms with E-state index in [1.165, 1.54) is 0 Å². The molecular weight excluding hydrogens is 260 g/mol. The van der Waals surface area contributed by atoms with Gasteiger partial charge in [0.05, 0.1) is 5.56 Å². The Hall–Kier alpha value is -1.58. The van der Waals surface area contributed by atoms with Crippen molar-refractivity contribution < 1.29 is 4.79 Å². The van der Waals surface area contributed by atoms with E-state index in [1.807, 2.05) is 18.2 Å². The Balaban J connectivity index is 2.35. The zero-order chi connectivity index (χ0) is 13.4. The van der Waals surface area contributed by atoms with Crippen LogP contribution < -0.4 is 16.3 Å². The Bertz CT molecular complexity index is 709. The molecule has 1 aliphatic heterocycles. The molecule has 2 bridgehead atoms. The minimum atomic E-state index is -0.00705. The molecule has 0 aromatic heterocycles. The maximum Gasteiger partial charge on any atom is 0.252 e. The SMILES string of the molecule is NCCCc1c2c(c3cc1ccc3Cl)=CCNC2=O. The van der Waals surface area contributed by atoms with Crippen LogP contribution >= 0.6 is 11.6 Å². The number of benzene rings is 2. The summed E-state index contributed by atoms with van der Waals surface area (Å²) in [7, 11) is 0. The van der Waals surface area contributed by atoms with Crippen LogP contribution in [0.4, 0.5) is 0 Å². The van der Waals surface area contributed by atoms with Gasteiger partial charge in [-0.2, -0.15) is 0 Å². The van der Waals surface area contributed by atoms with E-state index in [1.54, 1.807) is 0 Å². The highest BCUT2D eigenvalue weighted by Gasteiger charge is 2.19. The molecule has 3 N–H and O–H groups in total. The number of halogens is 1. The fraction of sp³-hybridized carbons (Fsp3) is 0.267. The van der Waals surface area contributed by atoms with Gasteiger partial charge in [-0.1, -0.05) is 23.7 Å². The first-order valence-electron chi connectivity index (χ1n) is 6.44. The van der Waals surface area contributed by atoms with Crippen molar-refractivity contribution in [3.63, 3.8) is 0 Å². The van der Waals surface area contributed by atoms with Crippen molar-refractivity contribution in [3.05, 3.63) is 39.6 Å². The van der Waals surface area contributed by atoms with Crippen LogP contribution in [-0.2, 0) is 6.42 Å². The van der Waals surface area contributed by atoms with Crippen LogP contribution in [0.5, 0.6) is 0 Å². The molecule has 2 aromatic rings. The first-order valence-corrected chi connectivity index (χ1v) is 6.82. The van der Waals surface area contributed by atoms with Gasteiger partial charge in [0.15, 0.2) is 0 Å². The van der Waals surface area contributed by atoms with Gasteiger partial charge in [0.25, 0.3) is 5.91 Å². The third kappa shape index (κ3) is 1.99. The van der Waals surface area contributed by atoms with E-state index >= 15 is 0 Å². The summed E-state index contributed by atoms with van der Waals surface area (Å²) in [5.74, 6) is -0.00705. The van der Waals surface area contributed by atoms with Crippen molar-refractivity contribution in [2.24, 2.45) is 5.73 Å². The molecule has 2 aromatic carbocycles. The molecule has 0 aliphatic carbocycles. The van der Waals surface area contributed by atoms with Crippen molar-refractivity contribution in [3.8, 4) is 0 Å². The standard InChI is InChI=1S/C15H15ClN2O/c16-13-4-3-9-8-12(13)11-5-7-18-15(19)14(11)10(9)2-1-6-17/h3-5,8H,1-2,6-7,17H2,(H,18,19). The number of nitrogens with two attached hydrogens (primary N) is 1. The Morgan fingerprint density at radius 3 is 3.00 bits per heavy atom. The number of nitrogens with one attached hydrogen (secondary N) is 1. The van der Waals surface area contributed by atoms with Gasteiger partial charge in [0.2, 0.25) is 0 Å². The zero-order valence-corrected chi connectivity index (χ0v) is 11.3. The zero-order valence-electron chi connectivity index (χ0n) is 10.5. The molecule has 0 saturated carbocycles. The van der Waals surface area contributed by atoms with E-state index < -0.39 is 0 Å². The Morgan fingerprint density at radius 2 is 2.21 bits per heavy atom. The van der Waals surface area contributed by atoms with Crippen LogP contribution in [0.1, 0.15) is 22.3 Å². The summed E-state index contributed by atoms with van der Waals surface area (Å²) in [6.45, 7) is 1.18. The summed E-state index contributed by atoms with van der Waals surface area (Å²) in [6, 6.07) is 5.95. The molecule has 3 nitrogen and oxygen atoms in total. The van der Waals surface area contributed by atoms with Gasteiger partial charge in [-0.3, -0.25) is 4.79 Å². The van der Waals surface area contributed by atoms with E-state index in [9.17, 15) is 4.79 Å². The average Bonchev–Trinajstić information content (AvgIpc) is 2.42. The first kappa shape index (κ1) is 12.5. The van der Waals surface area contributed by atoms with Crippen LogP contribution in [0.3, 0.4) is 0 Å². The fourth-order valence-corrected chi connectivity index (χ4v) is 2.93. The van der Waals surface area contributed by atoms with Gasteiger partial charge in [-0.15, -0.1) is 0 Å². The number of hydrogen-bond acceptors (Lipinski definition) is 2. The lowest BCUT2D eigenvalue weighted by atomic mass is 9.91. The third-order valence-electron chi connectivity index (χ3n) is 3.60. The molecule has 0 spiro atoms. The second-order valence-corrected chi connectivity index (χ2v) is 5.18. The molecule has 0 atom stereocenters. The largest absolute Gasteiger partial charge is 0.349 e. The number of fused-ring (bicyclic) bond motifs is 4. The maximum atomic E-state index is 12.2. The van der Waals surface area contributed by atoms with E-state index in [0.29, 0.717) is 18.1 Å². The fourth-order valence-electron chi connectivity index (χ4n) is 2.71. The lowest BCUT2D eigenvalue weighted by Crippen LogP contribution is -2.36. The summed E-state index contributed by atoms with van der Waals surface area (Å²) < 4.78 is 0. The number of amides is 1. The van der Waals surface area contributed by atoms with Gasteiger partial charge in [0.1, 0.15) is 0 Å². The van der Waals surface area contributed by atoms with Gasteiger partial charge < -0.3 is 11.1 Å². The lowest BCUT2D eigenvalue weighted by molar-refractivity contribution is 0.0955. The Kier molecular flexibility index (Phi) is 3.17. The molecule has 0 unspecified atom stereocenters. The minimum Gasteiger partial charge on any atom is -0.349 e. The molecule has 4 heteroatoms. The molecule has 0 saturated heterocycles. The number of carbonyl (C=O) groups is 1. The molecule has 1 aliphatic rings. The summed E-state index contributed by atoms with van der Waals surface area (Å²) in [4.78, 5) is 12.2. The predicted octanol–water partition coefficient (Wildman–Crippen LogP) is 1.63. The van der Waals surface area contributed by atoms with Crippen molar-refractivity contribution in [1.82, 2.24) is 5.32 Å². The summed E-state index contributed by atoms with van der Waals surface area (Å²) in [5, 5.41) is 6.57. The van der Waals surface area contributed by atoms with Crippen LogP contribution in [0, 0.1) is 0 Å². The van der Waals surface area contributed by atoms with Crippen LogP contribution in [0.2, 0.25) is 5.02 Å².